The van der Waals surface area contributed by atoms with Crippen molar-refractivity contribution in [3.05, 3.63) is 17.1 Å². The smallest absolute Gasteiger partial charge is 0.239 e. The summed E-state index contributed by atoms with van der Waals surface area (Å²) in [6.07, 6.45) is 0. The van der Waals surface area contributed by atoms with Crippen LogP contribution in [0.25, 0.3) is 11.0 Å². The van der Waals surface area contributed by atoms with Gasteiger partial charge in [0.1, 0.15) is 23.8 Å². The fourth-order valence-electron chi connectivity index (χ4n) is 2.09. The Morgan fingerprint density at radius 2 is 2.00 bits per heavy atom. The van der Waals surface area contributed by atoms with Crippen molar-refractivity contribution in [1.82, 2.24) is 19.9 Å². The number of nitrogen functional groups attached to an aromatic ring is 1. The van der Waals surface area contributed by atoms with Gasteiger partial charge < -0.3 is 15.6 Å². The summed E-state index contributed by atoms with van der Waals surface area (Å²) in [5, 5.41) is 3.44. The molecule has 0 aliphatic rings. The maximum Gasteiger partial charge on any atom is 0.239 e. The second-order valence-electron chi connectivity index (χ2n) is 4.32. The van der Waals surface area contributed by atoms with Crippen LogP contribution in [0.5, 0.6) is 0 Å². The summed E-state index contributed by atoms with van der Waals surface area (Å²) < 4.78 is 1.87. The van der Waals surface area contributed by atoms with Crippen LogP contribution in [-0.4, -0.2) is 27.5 Å². The van der Waals surface area contributed by atoms with E-state index in [1.54, 1.807) is 14.0 Å². The van der Waals surface area contributed by atoms with Crippen molar-refractivity contribution in [2.24, 2.45) is 0 Å². The zero-order chi connectivity index (χ0) is 13.4. The van der Waals surface area contributed by atoms with Gasteiger partial charge in [-0.25, -0.2) is 9.97 Å². The summed E-state index contributed by atoms with van der Waals surface area (Å²) in [6.45, 7) is 5.95. The first-order valence-corrected chi connectivity index (χ1v) is 5.75. The van der Waals surface area contributed by atoms with E-state index < -0.39 is 0 Å². The van der Waals surface area contributed by atoms with Crippen molar-refractivity contribution >= 4 is 22.8 Å². The predicted molar refractivity (Wildman–Crippen MR) is 70.2 cm³/mol. The van der Waals surface area contributed by atoms with Gasteiger partial charge in [0.2, 0.25) is 5.91 Å². The lowest BCUT2D eigenvalue weighted by molar-refractivity contribution is -0.121. The van der Waals surface area contributed by atoms with Gasteiger partial charge in [0.05, 0.1) is 5.39 Å². The van der Waals surface area contributed by atoms with Crippen molar-refractivity contribution in [3.63, 3.8) is 0 Å². The molecule has 2 heterocycles. The van der Waals surface area contributed by atoms with Crippen molar-refractivity contribution < 1.29 is 4.79 Å². The Morgan fingerprint density at radius 3 is 2.61 bits per heavy atom. The third kappa shape index (κ3) is 1.79. The molecule has 0 radical (unpaired) electrons. The minimum absolute atomic E-state index is 0.0650. The van der Waals surface area contributed by atoms with E-state index in [4.69, 9.17) is 5.73 Å². The van der Waals surface area contributed by atoms with Crippen LogP contribution in [0.15, 0.2) is 0 Å². The molecule has 3 N–H and O–H groups in total. The van der Waals surface area contributed by atoms with E-state index in [2.05, 4.69) is 15.3 Å². The van der Waals surface area contributed by atoms with Gasteiger partial charge in [0.25, 0.3) is 0 Å². The normalized spacial score (nSPS) is 10.9. The Bertz CT molecular complexity index is 629. The molecule has 18 heavy (non-hydrogen) atoms. The van der Waals surface area contributed by atoms with E-state index in [0.717, 1.165) is 22.3 Å². The number of carbonyl (C=O) groups excluding carboxylic acids is 1. The number of nitrogens with one attached hydrogen (secondary N) is 1. The summed E-state index contributed by atoms with van der Waals surface area (Å²) >= 11 is 0. The fraction of sp³-hybridized carbons (Fsp3) is 0.417. The Labute approximate surface area is 105 Å². The number of nitrogens with zero attached hydrogens (tertiary/aromatic N) is 3. The molecule has 0 aromatic carbocycles. The molecule has 0 aliphatic heterocycles. The maximum atomic E-state index is 11.5. The Hall–Kier alpha value is -2.11. The van der Waals surface area contributed by atoms with Gasteiger partial charge in [-0.3, -0.25) is 4.79 Å². The molecule has 2 aromatic rings. The zero-order valence-corrected chi connectivity index (χ0v) is 11.0. The molecule has 6 heteroatoms. The van der Waals surface area contributed by atoms with Gasteiger partial charge in [-0.15, -0.1) is 0 Å². The van der Waals surface area contributed by atoms with Gasteiger partial charge in [-0.05, 0) is 26.3 Å². The molecule has 0 saturated carbocycles. The van der Waals surface area contributed by atoms with Crippen LogP contribution in [0.4, 0.5) is 5.82 Å². The number of fused-ring (bicyclic) bond motifs is 1. The van der Waals surface area contributed by atoms with E-state index in [1.807, 2.05) is 18.4 Å². The molecular formula is C12H17N5O. The minimum Gasteiger partial charge on any atom is -0.383 e. The minimum atomic E-state index is -0.0650. The van der Waals surface area contributed by atoms with Gasteiger partial charge in [0, 0.05) is 12.7 Å². The fourth-order valence-corrected chi connectivity index (χ4v) is 2.09. The quantitative estimate of drug-likeness (QED) is 0.817. The number of aromatic nitrogens is 3. The molecule has 0 bridgehead atoms. The topological polar surface area (TPSA) is 85.8 Å². The number of hydrogen-bond donors (Lipinski definition) is 2. The monoisotopic (exact) mass is 247 g/mol. The van der Waals surface area contributed by atoms with E-state index in [1.165, 1.54) is 0 Å². The summed E-state index contributed by atoms with van der Waals surface area (Å²) in [5.41, 5.74) is 8.67. The van der Waals surface area contributed by atoms with Crippen LogP contribution >= 0.6 is 0 Å². The molecule has 0 saturated heterocycles. The Kier molecular flexibility index (Phi) is 2.94. The molecule has 0 fully saturated rings. The highest BCUT2D eigenvalue weighted by Crippen LogP contribution is 2.27. The van der Waals surface area contributed by atoms with Crippen molar-refractivity contribution in [3.8, 4) is 0 Å². The lowest BCUT2D eigenvalue weighted by Gasteiger charge is -2.07. The van der Waals surface area contributed by atoms with Gasteiger partial charge in [-0.2, -0.15) is 0 Å². The molecule has 96 valence electrons. The molecule has 0 atom stereocenters. The van der Waals surface area contributed by atoms with Crippen LogP contribution in [0.2, 0.25) is 0 Å². The Balaban J connectivity index is 2.73. The highest BCUT2D eigenvalue weighted by molar-refractivity contribution is 5.92. The summed E-state index contributed by atoms with van der Waals surface area (Å²) in [4.78, 5) is 20.1. The number of anilines is 1. The second-order valence-corrected chi connectivity index (χ2v) is 4.32. The van der Waals surface area contributed by atoms with Gasteiger partial charge >= 0.3 is 0 Å². The number of amides is 1. The molecule has 2 rings (SSSR count). The number of aryl methyl sites for hydroxylation is 2. The molecule has 0 unspecified atom stereocenters. The molecule has 2 aromatic heterocycles. The number of hydrogen-bond acceptors (Lipinski definition) is 4. The Morgan fingerprint density at radius 1 is 1.33 bits per heavy atom. The number of carbonyl (C=O) groups is 1. The first-order valence-electron chi connectivity index (χ1n) is 5.75. The third-order valence-electron chi connectivity index (χ3n) is 3.19. The SMILES string of the molecule is CNC(=O)Cn1c(C)c(C)c2c(N)nc(C)nc21. The van der Waals surface area contributed by atoms with Crippen LogP contribution in [0.3, 0.4) is 0 Å². The van der Waals surface area contributed by atoms with Crippen LogP contribution in [0, 0.1) is 20.8 Å². The predicted octanol–water partition coefficient (Wildman–Crippen LogP) is 0.685. The molecule has 1 amide bonds. The molecular weight excluding hydrogens is 230 g/mol. The average molecular weight is 247 g/mol. The highest BCUT2D eigenvalue weighted by atomic mass is 16.1. The van der Waals surface area contributed by atoms with Gasteiger partial charge in [0.15, 0.2) is 0 Å². The van der Waals surface area contributed by atoms with E-state index in [0.29, 0.717) is 11.6 Å². The lowest BCUT2D eigenvalue weighted by atomic mass is 10.2. The van der Waals surface area contributed by atoms with Gasteiger partial charge in [-0.1, -0.05) is 0 Å². The first kappa shape index (κ1) is 12.3. The highest BCUT2D eigenvalue weighted by Gasteiger charge is 2.17. The van der Waals surface area contributed by atoms with Crippen LogP contribution in [-0.2, 0) is 11.3 Å². The lowest BCUT2D eigenvalue weighted by Crippen LogP contribution is -2.24. The number of nitrogens with two attached hydrogens (primary N) is 1. The maximum absolute atomic E-state index is 11.5. The summed E-state index contributed by atoms with van der Waals surface area (Å²) in [5.74, 6) is 1.01. The van der Waals surface area contributed by atoms with Crippen LogP contribution in [0.1, 0.15) is 17.1 Å². The third-order valence-corrected chi connectivity index (χ3v) is 3.19. The summed E-state index contributed by atoms with van der Waals surface area (Å²) in [6, 6.07) is 0. The molecule has 0 spiro atoms. The first-order chi connectivity index (χ1) is 8.45. The van der Waals surface area contributed by atoms with Crippen molar-refractivity contribution in [2.75, 3.05) is 12.8 Å². The number of rotatable bonds is 2. The summed E-state index contributed by atoms with van der Waals surface area (Å²) in [7, 11) is 1.62. The molecule has 6 nitrogen and oxygen atoms in total. The second kappa shape index (κ2) is 4.29. The van der Waals surface area contributed by atoms with Crippen molar-refractivity contribution in [1.29, 1.82) is 0 Å². The van der Waals surface area contributed by atoms with E-state index >= 15 is 0 Å². The number of likely N-dealkylation sites (N-methyl/N-ethyl adjacent to an activating group) is 1. The standard InChI is InChI=1S/C12H17N5O/c1-6-7(2)17(5-9(18)14-4)12-10(6)11(13)15-8(3)16-12/h5H2,1-4H3,(H,14,18)(H2,13,15,16). The zero-order valence-electron chi connectivity index (χ0n) is 11.0. The van der Waals surface area contributed by atoms with E-state index in [-0.39, 0.29) is 12.5 Å². The largest absolute Gasteiger partial charge is 0.383 e. The van der Waals surface area contributed by atoms with E-state index in [9.17, 15) is 4.79 Å². The van der Waals surface area contributed by atoms with Crippen molar-refractivity contribution in [2.45, 2.75) is 27.3 Å². The molecule has 0 aliphatic carbocycles. The van der Waals surface area contributed by atoms with Crippen LogP contribution < -0.4 is 11.1 Å². The average Bonchev–Trinajstić information content (AvgIpc) is 2.54.